The average molecular weight is 532 g/mol. The first-order valence-corrected chi connectivity index (χ1v) is 13.6. The molecule has 9 heteroatoms. The van der Waals surface area contributed by atoms with Crippen LogP contribution in [-0.2, 0) is 23.9 Å². The Morgan fingerprint density at radius 3 is 2.32 bits per heavy atom. The average Bonchev–Trinajstić information content (AvgIpc) is 3.66. The second-order valence-corrected chi connectivity index (χ2v) is 11.1. The fraction of sp³-hybridized carbons (Fsp3) is 0.655. The summed E-state index contributed by atoms with van der Waals surface area (Å²) in [6.07, 6.45) is 1.54. The van der Waals surface area contributed by atoms with Crippen molar-refractivity contribution >= 4 is 23.9 Å². The van der Waals surface area contributed by atoms with Gasteiger partial charge in [0.2, 0.25) is 11.8 Å². The fourth-order valence-electron chi connectivity index (χ4n) is 4.24. The van der Waals surface area contributed by atoms with E-state index in [1.807, 2.05) is 45.9 Å². The highest BCUT2D eigenvalue weighted by Gasteiger charge is 2.45. The van der Waals surface area contributed by atoms with Gasteiger partial charge in [-0.25, -0.2) is 4.79 Å². The molecule has 0 aromatic heterocycles. The number of nitrogens with zero attached hydrogens (tertiary/aromatic N) is 1. The van der Waals surface area contributed by atoms with E-state index in [0.717, 1.165) is 29.5 Å². The number of amides is 3. The standard InChI is InChI=1S/C29H45N3O6/c1-9-19(4)24(31-28(36)38-29(6,7)8)27(35)32(21-13-14-21)25(22-17-18(3)11-12-20(22)5)26(34)30-16-15-23(33)37-10-2/h11-12,17,19,21,24-25H,9-10,13-16H2,1-8H3,(H,30,34)(H,31,36). The zero-order valence-corrected chi connectivity index (χ0v) is 24.2. The van der Waals surface area contributed by atoms with Crippen molar-refractivity contribution in [1.29, 1.82) is 0 Å². The molecule has 0 aliphatic heterocycles. The Bertz CT molecular complexity index is 999. The van der Waals surface area contributed by atoms with Gasteiger partial charge in [0.15, 0.2) is 0 Å². The lowest BCUT2D eigenvalue weighted by atomic mass is 9.93. The molecule has 212 valence electrons. The molecule has 0 saturated heterocycles. The number of hydrogen-bond donors (Lipinski definition) is 2. The summed E-state index contributed by atoms with van der Waals surface area (Å²) in [5, 5.41) is 5.63. The highest BCUT2D eigenvalue weighted by molar-refractivity contribution is 5.93. The van der Waals surface area contributed by atoms with E-state index in [2.05, 4.69) is 10.6 Å². The van der Waals surface area contributed by atoms with E-state index in [0.29, 0.717) is 6.42 Å². The normalized spacial score (nSPS) is 15.6. The van der Waals surface area contributed by atoms with Gasteiger partial charge in [-0.05, 0) is 71.4 Å². The summed E-state index contributed by atoms with van der Waals surface area (Å²) in [6, 6.07) is 3.91. The molecule has 0 spiro atoms. The summed E-state index contributed by atoms with van der Waals surface area (Å²) in [5.74, 6) is -1.28. The van der Waals surface area contributed by atoms with Crippen LogP contribution in [0.4, 0.5) is 4.79 Å². The number of carbonyl (C=O) groups excluding carboxylic acids is 4. The monoisotopic (exact) mass is 531 g/mol. The van der Waals surface area contributed by atoms with Gasteiger partial charge < -0.3 is 25.0 Å². The number of benzene rings is 1. The molecule has 38 heavy (non-hydrogen) atoms. The molecule has 1 aliphatic carbocycles. The first-order valence-electron chi connectivity index (χ1n) is 13.6. The Hall–Kier alpha value is -3.10. The summed E-state index contributed by atoms with van der Waals surface area (Å²) in [5.41, 5.74) is 1.84. The topological polar surface area (TPSA) is 114 Å². The second kappa shape index (κ2) is 13.6. The Kier molecular flexibility index (Phi) is 11.2. The van der Waals surface area contributed by atoms with Crippen LogP contribution in [-0.4, -0.2) is 59.6 Å². The van der Waals surface area contributed by atoms with Crippen molar-refractivity contribution in [2.45, 2.75) is 105 Å². The number of aryl methyl sites for hydroxylation is 2. The third-order valence-corrected chi connectivity index (χ3v) is 6.54. The predicted octanol–water partition coefficient (Wildman–Crippen LogP) is 4.34. The first kappa shape index (κ1) is 31.1. The summed E-state index contributed by atoms with van der Waals surface area (Å²) >= 11 is 0. The van der Waals surface area contributed by atoms with E-state index in [1.165, 1.54) is 0 Å². The number of esters is 1. The highest BCUT2D eigenvalue weighted by Crippen LogP contribution is 2.37. The minimum Gasteiger partial charge on any atom is -0.466 e. The molecular weight excluding hydrogens is 486 g/mol. The predicted molar refractivity (Wildman–Crippen MR) is 145 cm³/mol. The maximum Gasteiger partial charge on any atom is 0.408 e. The van der Waals surface area contributed by atoms with Crippen LogP contribution in [0, 0.1) is 19.8 Å². The van der Waals surface area contributed by atoms with Gasteiger partial charge in [-0.15, -0.1) is 0 Å². The summed E-state index contributed by atoms with van der Waals surface area (Å²) in [7, 11) is 0. The lowest BCUT2D eigenvalue weighted by Gasteiger charge is -2.36. The maximum absolute atomic E-state index is 14.2. The van der Waals surface area contributed by atoms with E-state index < -0.39 is 29.7 Å². The van der Waals surface area contributed by atoms with Crippen LogP contribution in [0.15, 0.2) is 18.2 Å². The third-order valence-electron chi connectivity index (χ3n) is 6.54. The van der Waals surface area contributed by atoms with Gasteiger partial charge >= 0.3 is 12.1 Å². The molecule has 2 rings (SSSR count). The minimum absolute atomic E-state index is 0.0339. The molecule has 1 fully saturated rings. The van der Waals surface area contributed by atoms with Crippen LogP contribution in [0.1, 0.15) is 90.0 Å². The van der Waals surface area contributed by atoms with Gasteiger partial charge in [-0.1, -0.05) is 44.0 Å². The van der Waals surface area contributed by atoms with Gasteiger partial charge in [0.05, 0.1) is 13.0 Å². The number of alkyl carbamates (subject to hydrolysis) is 1. The number of nitrogens with one attached hydrogen (secondary N) is 2. The SMILES string of the molecule is CCOC(=O)CCNC(=O)C(c1cc(C)ccc1C)N(C(=O)C(NC(=O)OC(C)(C)C)C(C)CC)C1CC1. The van der Waals surface area contributed by atoms with E-state index in [9.17, 15) is 19.2 Å². The number of ether oxygens (including phenoxy) is 2. The second-order valence-electron chi connectivity index (χ2n) is 11.1. The van der Waals surface area contributed by atoms with Crippen molar-refractivity contribution in [3.8, 4) is 0 Å². The van der Waals surface area contributed by atoms with Crippen LogP contribution in [0.3, 0.4) is 0 Å². The van der Waals surface area contributed by atoms with Crippen LogP contribution >= 0.6 is 0 Å². The number of hydrogen-bond acceptors (Lipinski definition) is 6. The highest BCUT2D eigenvalue weighted by atomic mass is 16.6. The van der Waals surface area contributed by atoms with Crippen LogP contribution in [0.2, 0.25) is 0 Å². The molecule has 1 aromatic carbocycles. The van der Waals surface area contributed by atoms with Crippen molar-refractivity contribution in [1.82, 2.24) is 15.5 Å². The largest absolute Gasteiger partial charge is 0.466 e. The molecule has 3 unspecified atom stereocenters. The summed E-state index contributed by atoms with van der Waals surface area (Å²) < 4.78 is 10.4. The van der Waals surface area contributed by atoms with Crippen molar-refractivity contribution in [2.75, 3.05) is 13.2 Å². The zero-order valence-electron chi connectivity index (χ0n) is 24.2. The first-order chi connectivity index (χ1) is 17.8. The van der Waals surface area contributed by atoms with E-state index in [-0.39, 0.29) is 43.3 Å². The molecule has 2 N–H and O–H groups in total. The molecular formula is C29H45N3O6. The molecule has 1 saturated carbocycles. The molecule has 0 radical (unpaired) electrons. The molecule has 3 amide bonds. The number of carbonyl (C=O) groups is 4. The lowest BCUT2D eigenvalue weighted by Crippen LogP contribution is -2.56. The molecule has 1 aliphatic rings. The van der Waals surface area contributed by atoms with Crippen molar-refractivity contribution in [3.05, 3.63) is 34.9 Å². The summed E-state index contributed by atoms with van der Waals surface area (Å²) in [4.78, 5) is 54.1. The van der Waals surface area contributed by atoms with E-state index in [4.69, 9.17) is 9.47 Å². The summed E-state index contributed by atoms with van der Waals surface area (Å²) in [6.45, 7) is 15.1. The van der Waals surface area contributed by atoms with Gasteiger partial charge in [0.25, 0.3) is 0 Å². The van der Waals surface area contributed by atoms with E-state index in [1.54, 1.807) is 32.6 Å². The quantitative estimate of drug-likeness (QED) is 0.388. The molecule has 3 atom stereocenters. The number of rotatable bonds is 12. The zero-order chi connectivity index (χ0) is 28.6. The van der Waals surface area contributed by atoms with Gasteiger partial charge in [0, 0.05) is 12.6 Å². The van der Waals surface area contributed by atoms with Crippen molar-refractivity contribution in [2.24, 2.45) is 5.92 Å². The van der Waals surface area contributed by atoms with Crippen LogP contribution in [0.5, 0.6) is 0 Å². The maximum atomic E-state index is 14.2. The molecule has 9 nitrogen and oxygen atoms in total. The van der Waals surface area contributed by atoms with Crippen LogP contribution < -0.4 is 10.6 Å². The van der Waals surface area contributed by atoms with Crippen molar-refractivity contribution in [3.63, 3.8) is 0 Å². The van der Waals surface area contributed by atoms with Gasteiger partial charge in [-0.2, -0.15) is 0 Å². The minimum atomic E-state index is -0.913. The van der Waals surface area contributed by atoms with Crippen molar-refractivity contribution < 1.29 is 28.7 Å². The Morgan fingerprint density at radius 2 is 1.76 bits per heavy atom. The Labute approximate surface area is 227 Å². The Balaban J connectivity index is 2.45. The fourth-order valence-corrected chi connectivity index (χ4v) is 4.24. The lowest BCUT2D eigenvalue weighted by molar-refractivity contribution is -0.145. The van der Waals surface area contributed by atoms with Gasteiger partial charge in [-0.3, -0.25) is 14.4 Å². The molecule has 0 bridgehead atoms. The van der Waals surface area contributed by atoms with E-state index >= 15 is 0 Å². The third kappa shape index (κ3) is 9.03. The molecule has 1 aromatic rings. The van der Waals surface area contributed by atoms with Crippen LogP contribution in [0.25, 0.3) is 0 Å². The Morgan fingerprint density at radius 1 is 1.11 bits per heavy atom. The smallest absolute Gasteiger partial charge is 0.408 e. The van der Waals surface area contributed by atoms with Gasteiger partial charge in [0.1, 0.15) is 17.7 Å². The molecule has 0 heterocycles.